The van der Waals surface area contributed by atoms with Crippen LogP contribution in [0, 0.1) is 17.5 Å². The smallest absolute Gasteiger partial charge is 0.319 e. The highest BCUT2D eigenvalue weighted by Gasteiger charge is 2.40. The maximum Gasteiger partial charge on any atom is 0.319 e. The van der Waals surface area contributed by atoms with Gasteiger partial charge in [-0.3, -0.25) is 9.59 Å². The molecule has 4 N–H and O–H groups in total. The Balaban J connectivity index is 1.79. The minimum atomic E-state index is -1.23. The lowest BCUT2D eigenvalue weighted by molar-refractivity contribution is -0.120. The van der Waals surface area contributed by atoms with Gasteiger partial charge in [0, 0.05) is 36.3 Å². The van der Waals surface area contributed by atoms with E-state index in [1.165, 1.54) is 19.1 Å². The first kappa shape index (κ1) is 20.2. The van der Waals surface area contributed by atoms with Crippen LogP contribution in [0.25, 0.3) is 0 Å². The highest BCUT2D eigenvalue weighted by molar-refractivity contribution is 5.95. The fourth-order valence-corrected chi connectivity index (χ4v) is 3.11. The van der Waals surface area contributed by atoms with Crippen molar-refractivity contribution in [2.75, 3.05) is 17.2 Å². The molecule has 4 amide bonds. The lowest BCUT2D eigenvalue weighted by Crippen LogP contribution is -2.45. The first-order chi connectivity index (χ1) is 13.7. The molecule has 1 aliphatic rings. The SMILES string of the molecule is CC(=O)Nc1cc(F)c([C@@H]2CNC(=O)[C@H]2NC(=O)Nc2ccc(F)cc2)c(F)c1. The minimum absolute atomic E-state index is 0.0629. The molecule has 1 saturated heterocycles. The van der Waals surface area contributed by atoms with Crippen molar-refractivity contribution in [1.29, 1.82) is 0 Å². The maximum absolute atomic E-state index is 14.5. The molecule has 0 saturated carbocycles. The molecule has 0 unspecified atom stereocenters. The summed E-state index contributed by atoms with van der Waals surface area (Å²) in [5.74, 6) is -4.50. The highest BCUT2D eigenvalue weighted by Crippen LogP contribution is 2.30. The quantitative estimate of drug-likeness (QED) is 0.628. The van der Waals surface area contributed by atoms with Crippen LogP contribution in [-0.2, 0) is 9.59 Å². The number of carbonyl (C=O) groups is 3. The average Bonchev–Trinajstić information content (AvgIpc) is 2.96. The Hall–Kier alpha value is -3.56. The molecule has 7 nitrogen and oxygen atoms in total. The lowest BCUT2D eigenvalue weighted by atomic mass is 9.92. The number of halogens is 3. The summed E-state index contributed by atoms with van der Waals surface area (Å²) in [7, 11) is 0. The molecule has 2 aromatic carbocycles. The van der Waals surface area contributed by atoms with Crippen molar-refractivity contribution < 1.29 is 27.6 Å². The molecule has 0 aromatic heterocycles. The van der Waals surface area contributed by atoms with Gasteiger partial charge in [-0.25, -0.2) is 18.0 Å². The summed E-state index contributed by atoms with van der Waals surface area (Å²) in [6.45, 7) is 1.11. The maximum atomic E-state index is 14.5. The van der Waals surface area contributed by atoms with Gasteiger partial charge in [-0.15, -0.1) is 0 Å². The molecule has 1 fully saturated rings. The molecule has 0 radical (unpaired) electrons. The number of amides is 4. The Kier molecular flexibility index (Phi) is 5.71. The van der Waals surface area contributed by atoms with Crippen LogP contribution in [0.2, 0.25) is 0 Å². The summed E-state index contributed by atoms with van der Waals surface area (Å²) >= 11 is 0. The van der Waals surface area contributed by atoms with E-state index < -0.39 is 47.3 Å². The first-order valence-electron chi connectivity index (χ1n) is 8.62. The van der Waals surface area contributed by atoms with E-state index in [0.29, 0.717) is 0 Å². The van der Waals surface area contributed by atoms with Crippen LogP contribution in [-0.4, -0.2) is 30.4 Å². The van der Waals surface area contributed by atoms with Gasteiger partial charge < -0.3 is 21.3 Å². The van der Waals surface area contributed by atoms with E-state index in [2.05, 4.69) is 21.3 Å². The van der Waals surface area contributed by atoms with Crippen molar-refractivity contribution in [1.82, 2.24) is 10.6 Å². The van der Waals surface area contributed by atoms with E-state index in [4.69, 9.17) is 0 Å². The van der Waals surface area contributed by atoms with Gasteiger partial charge in [0.15, 0.2) is 0 Å². The molecule has 0 aliphatic carbocycles. The zero-order chi connectivity index (χ0) is 21.1. The topological polar surface area (TPSA) is 99.3 Å². The van der Waals surface area contributed by atoms with Gasteiger partial charge in [0.1, 0.15) is 23.5 Å². The number of nitrogens with one attached hydrogen (secondary N) is 4. The predicted octanol–water partition coefficient (Wildman–Crippen LogP) is 2.47. The summed E-state index contributed by atoms with van der Waals surface area (Å²) < 4.78 is 42.0. The van der Waals surface area contributed by atoms with Gasteiger partial charge in [0.2, 0.25) is 11.8 Å². The van der Waals surface area contributed by atoms with Crippen LogP contribution in [0.5, 0.6) is 0 Å². The van der Waals surface area contributed by atoms with E-state index in [1.807, 2.05) is 0 Å². The average molecular weight is 406 g/mol. The third kappa shape index (κ3) is 4.65. The zero-order valence-corrected chi connectivity index (χ0v) is 15.2. The number of anilines is 2. The Morgan fingerprint density at radius 1 is 1.00 bits per heavy atom. The molecule has 3 rings (SSSR count). The number of carbonyl (C=O) groups excluding carboxylic acids is 3. The fraction of sp³-hybridized carbons (Fsp3) is 0.211. The summed E-state index contributed by atoms with van der Waals surface area (Å²) in [4.78, 5) is 35.4. The second kappa shape index (κ2) is 8.21. The van der Waals surface area contributed by atoms with Crippen LogP contribution in [0.15, 0.2) is 36.4 Å². The van der Waals surface area contributed by atoms with Crippen LogP contribution >= 0.6 is 0 Å². The van der Waals surface area contributed by atoms with Crippen molar-refractivity contribution >= 4 is 29.2 Å². The zero-order valence-electron chi connectivity index (χ0n) is 15.2. The summed E-state index contributed by atoms with van der Waals surface area (Å²) in [5.41, 5.74) is -0.174. The second-order valence-electron chi connectivity index (χ2n) is 6.47. The van der Waals surface area contributed by atoms with E-state index in [9.17, 15) is 27.6 Å². The largest absolute Gasteiger partial charge is 0.354 e. The van der Waals surface area contributed by atoms with Crippen molar-refractivity contribution in [3.63, 3.8) is 0 Å². The molecule has 1 aliphatic heterocycles. The number of hydrogen-bond donors (Lipinski definition) is 4. The van der Waals surface area contributed by atoms with Crippen molar-refractivity contribution in [2.45, 2.75) is 18.9 Å². The minimum Gasteiger partial charge on any atom is -0.354 e. The Morgan fingerprint density at radius 3 is 2.21 bits per heavy atom. The second-order valence-corrected chi connectivity index (χ2v) is 6.47. The number of urea groups is 1. The number of hydrogen-bond acceptors (Lipinski definition) is 3. The third-order valence-corrected chi connectivity index (χ3v) is 4.34. The molecule has 0 spiro atoms. The van der Waals surface area contributed by atoms with Gasteiger partial charge in [-0.05, 0) is 36.4 Å². The lowest BCUT2D eigenvalue weighted by Gasteiger charge is -2.20. The van der Waals surface area contributed by atoms with Crippen molar-refractivity contribution in [3.05, 3.63) is 59.4 Å². The summed E-state index contributed by atoms with van der Waals surface area (Å²) in [6.07, 6.45) is 0. The van der Waals surface area contributed by atoms with Gasteiger partial charge in [-0.1, -0.05) is 0 Å². The molecule has 0 bridgehead atoms. The highest BCUT2D eigenvalue weighted by atomic mass is 19.1. The summed E-state index contributed by atoms with van der Waals surface area (Å²) in [6, 6.07) is 4.79. The molecule has 2 aromatic rings. The van der Waals surface area contributed by atoms with E-state index in [-0.39, 0.29) is 23.5 Å². The molecule has 152 valence electrons. The Morgan fingerprint density at radius 2 is 1.62 bits per heavy atom. The van der Waals surface area contributed by atoms with E-state index >= 15 is 0 Å². The Labute approximate surface area is 163 Å². The normalized spacial score (nSPS) is 18.1. The predicted molar refractivity (Wildman–Crippen MR) is 98.8 cm³/mol. The van der Waals surface area contributed by atoms with Gasteiger partial charge >= 0.3 is 6.03 Å². The van der Waals surface area contributed by atoms with Crippen molar-refractivity contribution in [3.8, 4) is 0 Å². The fourth-order valence-electron chi connectivity index (χ4n) is 3.11. The van der Waals surface area contributed by atoms with Crippen molar-refractivity contribution in [2.24, 2.45) is 0 Å². The molecule has 29 heavy (non-hydrogen) atoms. The van der Waals surface area contributed by atoms with Crippen LogP contribution in [0.4, 0.5) is 29.3 Å². The summed E-state index contributed by atoms with van der Waals surface area (Å²) in [5, 5.41) is 9.54. The monoisotopic (exact) mass is 406 g/mol. The molecular weight excluding hydrogens is 389 g/mol. The van der Waals surface area contributed by atoms with Crippen LogP contribution in [0.3, 0.4) is 0 Å². The van der Waals surface area contributed by atoms with Gasteiger partial charge in [-0.2, -0.15) is 0 Å². The van der Waals surface area contributed by atoms with Gasteiger partial charge in [0.05, 0.1) is 0 Å². The standard InChI is InChI=1S/C19H17F3N4O3/c1-9(27)24-12-6-14(21)16(15(22)7-12)13-8-23-18(28)17(13)26-19(29)25-11-4-2-10(20)3-5-11/h2-7,13,17H,8H2,1H3,(H,23,28)(H,24,27)(H2,25,26,29)/t13-,17-/m0/s1. The first-order valence-corrected chi connectivity index (χ1v) is 8.62. The molecular formula is C19H17F3N4O3. The van der Waals surface area contributed by atoms with Crippen LogP contribution in [0.1, 0.15) is 18.4 Å². The molecule has 2 atom stereocenters. The third-order valence-electron chi connectivity index (χ3n) is 4.34. The van der Waals surface area contributed by atoms with Crippen LogP contribution < -0.4 is 21.3 Å². The number of rotatable bonds is 4. The Bertz CT molecular complexity index is 943. The molecule has 1 heterocycles. The van der Waals surface area contributed by atoms with E-state index in [1.54, 1.807) is 0 Å². The number of benzene rings is 2. The van der Waals surface area contributed by atoms with Gasteiger partial charge in [0.25, 0.3) is 0 Å². The van der Waals surface area contributed by atoms with E-state index in [0.717, 1.165) is 24.3 Å². The molecule has 10 heteroatoms.